The van der Waals surface area contributed by atoms with Gasteiger partial charge >= 0.3 is 6.18 Å². The number of hydrogen-bond acceptors (Lipinski definition) is 5. The van der Waals surface area contributed by atoms with Gasteiger partial charge in [0.2, 0.25) is 5.91 Å². The van der Waals surface area contributed by atoms with E-state index in [2.05, 4.69) is 15.3 Å². The molecule has 4 N–H and O–H groups in total. The van der Waals surface area contributed by atoms with Gasteiger partial charge in [-0.3, -0.25) is 9.69 Å². The number of H-pyrrole nitrogens is 1. The molecule has 13 heteroatoms. The predicted molar refractivity (Wildman–Crippen MR) is 136 cm³/mol. The quantitative estimate of drug-likeness (QED) is 0.443. The average Bonchev–Trinajstić information content (AvgIpc) is 3.16. The maximum Gasteiger partial charge on any atom is 0.434 e. The topological polar surface area (TPSA) is 90.3 Å². The van der Waals surface area contributed by atoms with Crippen LogP contribution in [-0.2, 0) is 17.4 Å². The van der Waals surface area contributed by atoms with Crippen LogP contribution in [0.4, 0.5) is 19.0 Å². The minimum Gasteiger partial charge on any atom is -0.368 e. The first-order valence-electron chi connectivity index (χ1n) is 11.2. The predicted octanol–water partition coefficient (Wildman–Crippen LogP) is 4.17. The monoisotopic (exact) mass is 562 g/mol. The Morgan fingerprint density at radius 2 is 1.97 bits per heavy atom. The molecule has 1 fully saturated rings. The van der Waals surface area contributed by atoms with Gasteiger partial charge in [0.1, 0.15) is 11.9 Å². The van der Waals surface area contributed by atoms with E-state index in [4.69, 9.17) is 28.9 Å². The van der Waals surface area contributed by atoms with Gasteiger partial charge in [0, 0.05) is 54.3 Å². The molecule has 3 aromatic rings. The van der Waals surface area contributed by atoms with Crippen LogP contribution in [-0.4, -0.2) is 59.5 Å². The molecule has 2 aromatic heterocycles. The molecule has 0 bridgehead atoms. The highest BCUT2D eigenvalue weighted by molar-refractivity contribution is 6.31. The molecule has 2 aliphatic rings. The Kier molecular flexibility index (Phi) is 7.64. The Bertz CT molecular complexity index is 1280. The van der Waals surface area contributed by atoms with E-state index >= 15 is 0 Å². The minimum atomic E-state index is -4.66. The molecular weight excluding hydrogens is 540 g/mol. The number of amides is 1. The molecule has 0 saturated carbocycles. The van der Waals surface area contributed by atoms with Gasteiger partial charge in [-0.05, 0) is 42.3 Å². The molecule has 2 atom stereocenters. The van der Waals surface area contributed by atoms with Crippen LogP contribution in [0.5, 0.6) is 0 Å². The Hall–Kier alpha value is -2.24. The molecule has 2 unspecified atom stereocenters. The lowest BCUT2D eigenvalue weighted by atomic mass is 9.96. The van der Waals surface area contributed by atoms with E-state index in [1.54, 1.807) is 6.07 Å². The number of benzene rings is 1. The zero-order valence-corrected chi connectivity index (χ0v) is 21.2. The summed E-state index contributed by atoms with van der Waals surface area (Å²) in [5, 5.41) is 4.42. The summed E-state index contributed by atoms with van der Waals surface area (Å²) in [4.78, 5) is 23.6. The number of anilines is 1. The summed E-state index contributed by atoms with van der Waals surface area (Å²) < 4.78 is 40.2. The first-order valence-corrected chi connectivity index (χ1v) is 11.9. The molecule has 0 aliphatic carbocycles. The number of piperazine rings is 1. The maximum atomic E-state index is 13.4. The lowest BCUT2D eigenvalue weighted by Crippen LogP contribution is -2.58. The molecule has 1 saturated heterocycles. The second-order valence-corrected chi connectivity index (χ2v) is 9.65. The summed E-state index contributed by atoms with van der Waals surface area (Å²) in [6.07, 6.45) is -3.98. The Labute approximate surface area is 221 Å². The van der Waals surface area contributed by atoms with E-state index < -0.39 is 28.8 Å². The summed E-state index contributed by atoms with van der Waals surface area (Å²) >= 11 is 12.0. The fourth-order valence-corrected chi connectivity index (χ4v) is 5.50. The number of nitrogens with zero attached hydrogens (tertiary/aromatic N) is 3. The fraction of sp³-hybridized carbons (Fsp3) is 0.391. The minimum absolute atomic E-state index is 0. The van der Waals surface area contributed by atoms with Crippen molar-refractivity contribution in [2.75, 3.05) is 37.6 Å². The molecule has 7 nitrogen and oxygen atoms in total. The van der Waals surface area contributed by atoms with Crippen molar-refractivity contribution in [3.63, 3.8) is 0 Å². The number of pyridine rings is 1. The summed E-state index contributed by atoms with van der Waals surface area (Å²) in [6.45, 7) is 2.53. The molecular formula is C23H24Cl3F3N6O. The van der Waals surface area contributed by atoms with E-state index in [1.165, 1.54) is 12.1 Å². The van der Waals surface area contributed by atoms with Gasteiger partial charge in [-0.15, -0.1) is 12.4 Å². The average molecular weight is 564 g/mol. The number of aromatic amines is 1. The van der Waals surface area contributed by atoms with Crippen LogP contribution >= 0.6 is 35.6 Å². The van der Waals surface area contributed by atoms with Gasteiger partial charge in [-0.2, -0.15) is 13.2 Å². The van der Waals surface area contributed by atoms with Crippen LogP contribution in [0, 0.1) is 0 Å². The Morgan fingerprint density at radius 3 is 2.69 bits per heavy atom. The number of hydrogen-bond donors (Lipinski definition) is 3. The van der Waals surface area contributed by atoms with E-state index in [0.717, 1.165) is 22.2 Å². The Morgan fingerprint density at radius 1 is 1.19 bits per heavy atom. The van der Waals surface area contributed by atoms with E-state index in [-0.39, 0.29) is 24.3 Å². The highest BCUT2D eigenvalue weighted by Gasteiger charge is 2.39. The molecule has 0 radical (unpaired) electrons. The fourth-order valence-electron chi connectivity index (χ4n) is 5.12. The molecule has 4 heterocycles. The molecule has 36 heavy (non-hydrogen) atoms. The lowest BCUT2D eigenvalue weighted by molar-refractivity contribution is -0.141. The second-order valence-electron chi connectivity index (χ2n) is 8.81. The highest BCUT2D eigenvalue weighted by atomic mass is 35.5. The van der Waals surface area contributed by atoms with Crippen molar-refractivity contribution in [2.45, 2.75) is 24.7 Å². The van der Waals surface area contributed by atoms with Crippen molar-refractivity contribution in [1.82, 2.24) is 20.2 Å². The van der Waals surface area contributed by atoms with Crippen molar-refractivity contribution in [3.05, 3.63) is 57.3 Å². The number of aromatic nitrogens is 2. The SMILES string of the molecule is Cl.NC(=O)C1c2[nH]c3ccc(Cl)cc3c2CCN1CC1CNCCN1c1ccc(Cl)c(C(F)(F)F)n1. The van der Waals surface area contributed by atoms with E-state index in [9.17, 15) is 18.0 Å². The van der Waals surface area contributed by atoms with Crippen LogP contribution in [0.3, 0.4) is 0 Å². The van der Waals surface area contributed by atoms with Crippen molar-refractivity contribution >= 4 is 58.2 Å². The molecule has 1 amide bonds. The number of carbonyl (C=O) groups excluding carboxylic acids is 1. The van der Waals surface area contributed by atoms with Gasteiger partial charge in [-0.1, -0.05) is 23.2 Å². The van der Waals surface area contributed by atoms with Gasteiger partial charge in [0.25, 0.3) is 0 Å². The lowest BCUT2D eigenvalue weighted by Gasteiger charge is -2.42. The van der Waals surface area contributed by atoms with Crippen molar-refractivity contribution < 1.29 is 18.0 Å². The number of rotatable bonds is 4. The van der Waals surface area contributed by atoms with Gasteiger partial charge < -0.3 is 20.9 Å². The smallest absolute Gasteiger partial charge is 0.368 e. The number of primary amides is 1. The van der Waals surface area contributed by atoms with Crippen LogP contribution in [0.1, 0.15) is 23.0 Å². The van der Waals surface area contributed by atoms with Gasteiger partial charge in [0.15, 0.2) is 5.69 Å². The number of alkyl halides is 3. The van der Waals surface area contributed by atoms with Crippen molar-refractivity contribution in [2.24, 2.45) is 5.73 Å². The maximum absolute atomic E-state index is 13.4. The van der Waals surface area contributed by atoms with Crippen molar-refractivity contribution in [3.8, 4) is 0 Å². The summed E-state index contributed by atoms with van der Waals surface area (Å²) in [5.41, 5.74) is 7.36. The van der Waals surface area contributed by atoms with Gasteiger partial charge in [-0.25, -0.2) is 4.98 Å². The van der Waals surface area contributed by atoms with Crippen LogP contribution < -0.4 is 16.0 Å². The van der Waals surface area contributed by atoms with Crippen LogP contribution in [0.25, 0.3) is 10.9 Å². The third-order valence-corrected chi connectivity index (χ3v) is 7.19. The van der Waals surface area contributed by atoms with E-state index in [0.29, 0.717) is 44.2 Å². The molecule has 5 rings (SSSR count). The molecule has 0 spiro atoms. The number of nitrogens with two attached hydrogens (primary N) is 1. The highest BCUT2D eigenvalue weighted by Crippen LogP contribution is 2.37. The normalized spacial score (nSPS) is 20.8. The second kappa shape index (κ2) is 10.3. The largest absolute Gasteiger partial charge is 0.434 e. The first-order chi connectivity index (χ1) is 16.6. The third kappa shape index (κ3) is 4.97. The van der Waals surface area contributed by atoms with Gasteiger partial charge in [0.05, 0.1) is 11.1 Å². The molecule has 1 aromatic carbocycles. The zero-order valence-electron chi connectivity index (χ0n) is 18.9. The summed E-state index contributed by atoms with van der Waals surface area (Å²) in [5.74, 6) is -0.301. The first kappa shape index (κ1) is 26.8. The van der Waals surface area contributed by atoms with Crippen LogP contribution in [0.2, 0.25) is 10.0 Å². The zero-order chi connectivity index (χ0) is 24.9. The summed E-state index contributed by atoms with van der Waals surface area (Å²) in [6, 6.07) is 7.31. The molecule has 2 aliphatic heterocycles. The van der Waals surface area contributed by atoms with Crippen molar-refractivity contribution in [1.29, 1.82) is 0 Å². The Balaban J connectivity index is 0.00000304. The number of carbonyl (C=O) groups is 1. The number of nitrogens with one attached hydrogen (secondary N) is 2. The summed E-state index contributed by atoms with van der Waals surface area (Å²) in [7, 11) is 0. The third-order valence-electron chi connectivity index (χ3n) is 6.65. The molecule has 194 valence electrons. The van der Waals surface area contributed by atoms with Crippen LogP contribution in [0.15, 0.2) is 30.3 Å². The standard InChI is InChI=1S/C23H23Cl2F3N6O.ClH/c24-12-1-3-17-15(9-12)14-5-7-33(20(22(29)35)19(14)31-17)11-13-10-30-6-8-34(13)18-4-2-16(25)21(32-18)23(26,27)28;/h1-4,9,13,20,30-31H,5-8,10-11H2,(H2,29,35);1H. The number of halogens is 6. The number of fused-ring (bicyclic) bond motifs is 3. The van der Waals surface area contributed by atoms with E-state index in [1.807, 2.05) is 21.9 Å².